The highest BCUT2D eigenvalue weighted by Gasteiger charge is 2.08. The standard InChI is InChI=1S/C11H7N3OS/c12-10(15)6-1-2-7-8-4-13-5-14-11(8)16-9(7)3-6/h1-5H,(H2,12,15). The highest BCUT2D eigenvalue weighted by atomic mass is 32.1. The normalized spacial score (nSPS) is 11.0. The number of thiophene rings is 1. The van der Waals surface area contributed by atoms with Crippen LogP contribution in [-0.4, -0.2) is 15.9 Å². The first-order valence-electron chi connectivity index (χ1n) is 4.68. The van der Waals surface area contributed by atoms with Gasteiger partial charge in [0.15, 0.2) is 0 Å². The minimum Gasteiger partial charge on any atom is -0.366 e. The van der Waals surface area contributed by atoms with Gasteiger partial charge < -0.3 is 5.73 Å². The molecule has 1 amide bonds. The molecular formula is C11H7N3OS. The van der Waals surface area contributed by atoms with E-state index < -0.39 is 5.91 Å². The molecule has 3 aromatic rings. The van der Waals surface area contributed by atoms with E-state index >= 15 is 0 Å². The van der Waals surface area contributed by atoms with E-state index in [9.17, 15) is 4.79 Å². The van der Waals surface area contributed by atoms with Crippen LogP contribution in [-0.2, 0) is 0 Å². The quantitative estimate of drug-likeness (QED) is 0.693. The zero-order valence-electron chi connectivity index (χ0n) is 8.18. The van der Waals surface area contributed by atoms with Crippen LogP contribution in [0.4, 0.5) is 0 Å². The number of carbonyl (C=O) groups is 1. The number of aromatic nitrogens is 2. The molecule has 0 aliphatic rings. The third kappa shape index (κ3) is 1.25. The van der Waals surface area contributed by atoms with Crippen molar-refractivity contribution in [3.63, 3.8) is 0 Å². The fourth-order valence-electron chi connectivity index (χ4n) is 1.67. The van der Waals surface area contributed by atoms with Crippen LogP contribution in [0.1, 0.15) is 10.4 Å². The Morgan fingerprint density at radius 3 is 3.00 bits per heavy atom. The molecule has 0 radical (unpaired) electrons. The van der Waals surface area contributed by atoms with Gasteiger partial charge in [0.25, 0.3) is 0 Å². The third-order valence-electron chi connectivity index (χ3n) is 2.44. The number of rotatable bonds is 1. The molecule has 2 aromatic heterocycles. The van der Waals surface area contributed by atoms with E-state index in [4.69, 9.17) is 5.73 Å². The number of primary amides is 1. The predicted molar refractivity (Wildman–Crippen MR) is 63.4 cm³/mol. The van der Waals surface area contributed by atoms with Gasteiger partial charge >= 0.3 is 0 Å². The maximum absolute atomic E-state index is 11.1. The molecular weight excluding hydrogens is 222 g/mol. The number of fused-ring (bicyclic) bond motifs is 3. The van der Waals surface area contributed by atoms with Crippen molar-refractivity contribution >= 4 is 37.5 Å². The van der Waals surface area contributed by atoms with E-state index in [2.05, 4.69) is 9.97 Å². The van der Waals surface area contributed by atoms with Gasteiger partial charge in [-0.2, -0.15) is 0 Å². The SMILES string of the molecule is NC(=O)c1ccc2c(c1)sc1ncncc12. The lowest BCUT2D eigenvalue weighted by Gasteiger charge is -1.94. The second kappa shape index (κ2) is 3.24. The Morgan fingerprint density at radius 2 is 2.19 bits per heavy atom. The molecule has 0 spiro atoms. The highest BCUT2D eigenvalue weighted by Crippen LogP contribution is 2.32. The summed E-state index contributed by atoms with van der Waals surface area (Å²) >= 11 is 1.53. The van der Waals surface area contributed by atoms with Crippen molar-refractivity contribution in [1.29, 1.82) is 0 Å². The minimum atomic E-state index is -0.412. The average molecular weight is 229 g/mol. The zero-order chi connectivity index (χ0) is 11.1. The largest absolute Gasteiger partial charge is 0.366 e. The van der Waals surface area contributed by atoms with Crippen LogP contribution >= 0.6 is 11.3 Å². The van der Waals surface area contributed by atoms with Gasteiger partial charge in [0.2, 0.25) is 5.91 Å². The van der Waals surface area contributed by atoms with Gasteiger partial charge in [-0.25, -0.2) is 9.97 Å². The van der Waals surface area contributed by atoms with Crippen LogP contribution in [0.15, 0.2) is 30.7 Å². The van der Waals surface area contributed by atoms with E-state index in [0.717, 1.165) is 20.3 Å². The molecule has 0 unspecified atom stereocenters. The first-order valence-corrected chi connectivity index (χ1v) is 5.49. The first kappa shape index (κ1) is 9.23. The van der Waals surface area contributed by atoms with E-state index in [1.54, 1.807) is 18.3 Å². The Kier molecular flexibility index (Phi) is 1.87. The Bertz CT molecular complexity index is 705. The monoisotopic (exact) mass is 229 g/mol. The summed E-state index contributed by atoms with van der Waals surface area (Å²) in [5.74, 6) is -0.412. The summed E-state index contributed by atoms with van der Waals surface area (Å²) < 4.78 is 1.01. The number of hydrogen-bond acceptors (Lipinski definition) is 4. The molecule has 0 saturated carbocycles. The van der Waals surface area contributed by atoms with Crippen molar-refractivity contribution in [3.8, 4) is 0 Å². The number of amides is 1. The van der Waals surface area contributed by atoms with E-state index in [1.807, 2.05) is 6.07 Å². The Balaban J connectivity index is 2.41. The van der Waals surface area contributed by atoms with Crippen molar-refractivity contribution in [2.24, 2.45) is 5.73 Å². The number of nitrogens with zero attached hydrogens (tertiary/aromatic N) is 2. The number of carbonyl (C=O) groups excluding carboxylic acids is 1. The zero-order valence-corrected chi connectivity index (χ0v) is 8.99. The summed E-state index contributed by atoms with van der Waals surface area (Å²) in [6.45, 7) is 0. The van der Waals surface area contributed by atoms with Gasteiger partial charge in [0, 0.05) is 27.2 Å². The summed E-state index contributed by atoms with van der Waals surface area (Å²) in [5.41, 5.74) is 5.76. The molecule has 0 atom stereocenters. The van der Waals surface area contributed by atoms with Crippen molar-refractivity contribution in [2.45, 2.75) is 0 Å². The third-order valence-corrected chi connectivity index (χ3v) is 3.51. The maximum Gasteiger partial charge on any atom is 0.248 e. The lowest BCUT2D eigenvalue weighted by Crippen LogP contribution is -2.10. The van der Waals surface area contributed by atoms with Crippen molar-refractivity contribution in [1.82, 2.24) is 9.97 Å². The van der Waals surface area contributed by atoms with Gasteiger partial charge in [-0.05, 0) is 12.1 Å². The van der Waals surface area contributed by atoms with E-state index in [0.29, 0.717) is 5.56 Å². The Labute approximate surface area is 94.7 Å². The van der Waals surface area contributed by atoms with Gasteiger partial charge in [-0.1, -0.05) is 6.07 Å². The topological polar surface area (TPSA) is 68.9 Å². The summed E-state index contributed by atoms with van der Waals surface area (Å²) in [4.78, 5) is 20.2. The molecule has 0 aliphatic heterocycles. The molecule has 0 aliphatic carbocycles. The molecule has 3 rings (SSSR count). The molecule has 0 bridgehead atoms. The molecule has 2 N–H and O–H groups in total. The lowest BCUT2D eigenvalue weighted by molar-refractivity contribution is 0.100. The molecule has 5 heteroatoms. The van der Waals surface area contributed by atoms with E-state index in [1.165, 1.54) is 17.7 Å². The summed E-state index contributed by atoms with van der Waals surface area (Å²) in [7, 11) is 0. The molecule has 78 valence electrons. The molecule has 0 fully saturated rings. The molecule has 2 heterocycles. The number of nitrogens with two attached hydrogens (primary N) is 1. The molecule has 1 aromatic carbocycles. The van der Waals surface area contributed by atoms with Crippen molar-refractivity contribution in [2.75, 3.05) is 0 Å². The first-order chi connectivity index (χ1) is 7.75. The Morgan fingerprint density at radius 1 is 1.31 bits per heavy atom. The predicted octanol–water partition coefficient (Wildman–Crippen LogP) is 1.94. The molecule has 0 saturated heterocycles. The van der Waals surface area contributed by atoms with Gasteiger partial charge in [-0.3, -0.25) is 4.79 Å². The fourth-order valence-corrected chi connectivity index (χ4v) is 2.73. The van der Waals surface area contributed by atoms with Crippen LogP contribution in [0.3, 0.4) is 0 Å². The maximum atomic E-state index is 11.1. The number of benzene rings is 1. The fraction of sp³-hybridized carbons (Fsp3) is 0. The van der Waals surface area contributed by atoms with Crippen LogP contribution in [0.25, 0.3) is 20.3 Å². The van der Waals surface area contributed by atoms with Gasteiger partial charge in [0.1, 0.15) is 11.2 Å². The van der Waals surface area contributed by atoms with Crippen molar-refractivity contribution in [3.05, 3.63) is 36.3 Å². The van der Waals surface area contributed by atoms with Crippen LogP contribution in [0, 0.1) is 0 Å². The van der Waals surface area contributed by atoms with Crippen molar-refractivity contribution < 1.29 is 4.79 Å². The van der Waals surface area contributed by atoms with Gasteiger partial charge in [0.05, 0.1) is 0 Å². The molecule has 4 nitrogen and oxygen atoms in total. The second-order valence-electron chi connectivity index (χ2n) is 3.42. The van der Waals surface area contributed by atoms with E-state index in [-0.39, 0.29) is 0 Å². The number of hydrogen-bond donors (Lipinski definition) is 1. The summed E-state index contributed by atoms with van der Waals surface area (Å²) in [6, 6.07) is 5.41. The summed E-state index contributed by atoms with van der Waals surface area (Å²) in [5, 5.41) is 2.07. The van der Waals surface area contributed by atoms with Crippen LogP contribution in [0.2, 0.25) is 0 Å². The average Bonchev–Trinajstić information content (AvgIpc) is 2.66. The minimum absolute atomic E-state index is 0.412. The molecule has 16 heavy (non-hydrogen) atoms. The van der Waals surface area contributed by atoms with Crippen LogP contribution < -0.4 is 5.73 Å². The highest BCUT2D eigenvalue weighted by molar-refractivity contribution is 7.25. The lowest BCUT2D eigenvalue weighted by atomic mass is 10.1. The second-order valence-corrected chi connectivity index (χ2v) is 4.45. The van der Waals surface area contributed by atoms with Crippen LogP contribution in [0.5, 0.6) is 0 Å². The van der Waals surface area contributed by atoms with Gasteiger partial charge in [-0.15, -0.1) is 11.3 Å². The smallest absolute Gasteiger partial charge is 0.248 e. The Hall–Kier alpha value is -2.01. The summed E-state index contributed by atoms with van der Waals surface area (Å²) in [6.07, 6.45) is 3.30.